The summed E-state index contributed by atoms with van der Waals surface area (Å²) in [5.41, 5.74) is 0.831. The molecule has 3 nitrogen and oxygen atoms in total. The Morgan fingerprint density at radius 1 is 1.62 bits per heavy atom. The maximum absolute atomic E-state index is 6.21. The molecule has 84 valence electrons. The molecule has 16 heavy (non-hydrogen) atoms. The minimum atomic E-state index is 0.450. The van der Waals surface area contributed by atoms with Crippen LogP contribution in [0.4, 0.5) is 5.82 Å². The van der Waals surface area contributed by atoms with Crippen LogP contribution in [0.25, 0.3) is 0 Å². The molecule has 1 rings (SSSR count). The second kappa shape index (κ2) is 6.14. The molecule has 0 spiro atoms. The quantitative estimate of drug-likeness (QED) is 0.579. The molecule has 1 heterocycles. The van der Waals surface area contributed by atoms with E-state index in [9.17, 15) is 0 Å². The molecule has 0 aromatic carbocycles. The molecular formula is C12H14ClN3. The predicted molar refractivity (Wildman–Crippen MR) is 67.7 cm³/mol. The molecule has 1 aromatic heterocycles. The lowest BCUT2D eigenvalue weighted by molar-refractivity contribution is 0.907. The zero-order valence-corrected chi connectivity index (χ0v) is 10.0. The summed E-state index contributed by atoms with van der Waals surface area (Å²) in [6, 6.07) is 0. The van der Waals surface area contributed by atoms with Crippen molar-refractivity contribution in [3.8, 4) is 12.3 Å². The molecule has 0 atom stereocenters. The number of aryl methyl sites for hydroxylation is 1. The van der Waals surface area contributed by atoms with E-state index in [-0.39, 0.29) is 0 Å². The number of nitrogens with zero attached hydrogens (tertiary/aromatic N) is 3. The molecule has 0 saturated heterocycles. The van der Waals surface area contributed by atoms with Gasteiger partial charge in [0.1, 0.15) is 11.3 Å². The molecular weight excluding hydrogens is 222 g/mol. The topological polar surface area (TPSA) is 29.0 Å². The Balaban J connectivity index is 3.08. The van der Waals surface area contributed by atoms with E-state index in [0.717, 1.165) is 12.1 Å². The summed E-state index contributed by atoms with van der Waals surface area (Å²) in [5.74, 6) is 3.25. The van der Waals surface area contributed by atoms with Crippen LogP contribution in [0.2, 0.25) is 5.02 Å². The highest BCUT2D eigenvalue weighted by atomic mass is 35.5. The lowest BCUT2D eigenvalue weighted by atomic mass is 10.3. The second-order valence-corrected chi connectivity index (χ2v) is 3.56. The second-order valence-electron chi connectivity index (χ2n) is 3.18. The first kappa shape index (κ1) is 12.5. The Hall–Kier alpha value is -1.53. The van der Waals surface area contributed by atoms with Crippen LogP contribution in [0, 0.1) is 12.3 Å². The SMILES string of the molecule is C#CCN(CC=C)c1ncnc(CC)c1Cl. The summed E-state index contributed by atoms with van der Waals surface area (Å²) in [6.07, 6.45) is 9.35. The summed E-state index contributed by atoms with van der Waals surface area (Å²) in [5, 5.41) is 0.571. The lowest BCUT2D eigenvalue weighted by Gasteiger charge is -2.20. The number of rotatable bonds is 5. The molecule has 0 fully saturated rings. The summed E-state index contributed by atoms with van der Waals surface area (Å²) in [6.45, 7) is 6.75. The van der Waals surface area contributed by atoms with Crippen molar-refractivity contribution in [2.24, 2.45) is 0 Å². The summed E-state index contributed by atoms with van der Waals surface area (Å²) >= 11 is 6.21. The van der Waals surface area contributed by atoms with E-state index in [1.54, 1.807) is 6.08 Å². The highest BCUT2D eigenvalue weighted by Crippen LogP contribution is 2.25. The third kappa shape index (κ3) is 2.74. The highest BCUT2D eigenvalue weighted by Gasteiger charge is 2.13. The van der Waals surface area contributed by atoms with E-state index >= 15 is 0 Å². The Kier molecular flexibility index (Phi) is 4.81. The molecule has 0 bridgehead atoms. The van der Waals surface area contributed by atoms with Crippen molar-refractivity contribution in [3.63, 3.8) is 0 Å². The normalized spacial score (nSPS) is 9.56. The zero-order valence-electron chi connectivity index (χ0n) is 9.28. The molecule has 0 aliphatic carbocycles. The Morgan fingerprint density at radius 3 is 2.94 bits per heavy atom. The Bertz CT molecular complexity index is 409. The number of hydrogen-bond acceptors (Lipinski definition) is 3. The van der Waals surface area contributed by atoms with Crippen molar-refractivity contribution in [2.45, 2.75) is 13.3 Å². The molecule has 0 radical (unpaired) electrons. The maximum atomic E-state index is 6.21. The minimum absolute atomic E-state index is 0.450. The van der Waals surface area contributed by atoms with Gasteiger partial charge in [0.2, 0.25) is 0 Å². The molecule has 0 saturated carbocycles. The van der Waals surface area contributed by atoms with E-state index in [1.165, 1.54) is 6.33 Å². The van der Waals surface area contributed by atoms with Gasteiger partial charge in [-0.2, -0.15) is 0 Å². The van der Waals surface area contributed by atoms with Crippen molar-refractivity contribution >= 4 is 17.4 Å². The van der Waals surface area contributed by atoms with Gasteiger partial charge in [0.25, 0.3) is 0 Å². The number of halogens is 1. The summed E-state index contributed by atoms with van der Waals surface area (Å²) in [7, 11) is 0. The fourth-order valence-corrected chi connectivity index (χ4v) is 1.71. The van der Waals surface area contributed by atoms with Crippen LogP contribution in [0.5, 0.6) is 0 Å². The van der Waals surface area contributed by atoms with Crippen LogP contribution >= 0.6 is 11.6 Å². The number of terminal acetylenes is 1. The third-order valence-corrected chi connectivity index (χ3v) is 2.50. The lowest BCUT2D eigenvalue weighted by Crippen LogP contribution is -2.25. The van der Waals surface area contributed by atoms with Crippen molar-refractivity contribution in [1.82, 2.24) is 9.97 Å². The first-order valence-corrected chi connectivity index (χ1v) is 5.41. The summed E-state index contributed by atoms with van der Waals surface area (Å²) in [4.78, 5) is 10.2. The fraction of sp³-hybridized carbons (Fsp3) is 0.333. The van der Waals surface area contributed by atoms with Gasteiger partial charge in [0.05, 0.1) is 12.2 Å². The standard InChI is InChI=1S/C12H14ClN3/c1-4-7-16(8-5-2)12-11(13)10(6-3)14-9-15-12/h1,5,9H,2,6-8H2,3H3. The fourth-order valence-electron chi connectivity index (χ4n) is 1.35. The largest absolute Gasteiger partial charge is 0.340 e. The van der Waals surface area contributed by atoms with Gasteiger partial charge in [-0.1, -0.05) is 30.5 Å². The van der Waals surface area contributed by atoms with Crippen LogP contribution in [-0.2, 0) is 6.42 Å². The predicted octanol–water partition coefficient (Wildman–Crippen LogP) is 2.32. The van der Waals surface area contributed by atoms with Crippen molar-refractivity contribution in [2.75, 3.05) is 18.0 Å². The van der Waals surface area contributed by atoms with Crippen LogP contribution < -0.4 is 4.90 Å². The van der Waals surface area contributed by atoms with Crippen LogP contribution in [0.1, 0.15) is 12.6 Å². The monoisotopic (exact) mass is 235 g/mol. The smallest absolute Gasteiger partial charge is 0.152 e. The van der Waals surface area contributed by atoms with Crippen LogP contribution in [0.15, 0.2) is 19.0 Å². The highest BCUT2D eigenvalue weighted by molar-refractivity contribution is 6.33. The average molecular weight is 236 g/mol. The molecule has 1 aromatic rings. The third-order valence-electron chi connectivity index (χ3n) is 2.11. The maximum Gasteiger partial charge on any atom is 0.152 e. The van der Waals surface area contributed by atoms with Crippen molar-refractivity contribution < 1.29 is 0 Å². The van der Waals surface area contributed by atoms with E-state index in [2.05, 4.69) is 22.5 Å². The first-order valence-electron chi connectivity index (χ1n) is 5.03. The first-order chi connectivity index (χ1) is 7.74. The zero-order chi connectivity index (χ0) is 12.0. The van der Waals surface area contributed by atoms with Crippen molar-refractivity contribution in [1.29, 1.82) is 0 Å². The molecule has 0 aliphatic heterocycles. The van der Waals surface area contributed by atoms with Gasteiger partial charge in [0, 0.05) is 6.54 Å². The minimum Gasteiger partial charge on any atom is -0.340 e. The van der Waals surface area contributed by atoms with Crippen LogP contribution in [-0.4, -0.2) is 23.1 Å². The molecule has 4 heteroatoms. The van der Waals surface area contributed by atoms with Gasteiger partial charge in [0.15, 0.2) is 5.82 Å². The molecule has 0 aliphatic rings. The van der Waals surface area contributed by atoms with E-state index in [4.69, 9.17) is 18.0 Å². The van der Waals surface area contributed by atoms with Gasteiger partial charge >= 0.3 is 0 Å². The van der Waals surface area contributed by atoms with E-state index in [0.29, 0.717) is 23.9 Å². The van der Waals surface area contributed by atoms with Gasteiger partial charge < -0.3 is 4.90 Å². The van der Waals surface area contributed by atoms with Gasteiger partial charge in [-0.25, -0.2) is 9.97 Å². The van der Waals surface area contributed by atoms with E-state index < -0.39 is 0 Å². The number of hydrogen-bond donors (Lipinski definition) is 0. The molecule has 0 N–H and O–H groups in total. The Labute approximate surface area is 101 Å². The molecule has 0 unspecified atom stereocenters. The molecule has 0 amide bonds. The van der Waals surface area contributed by atoms with Gasteiger partial charge in [-0.05, 0) is 6.42 Å². The average Bonchev–Trinajstić information content (AvgIpc) is 2.29. The Morgan fingerprint density at radius 2 is 2.38 bits per heavy atom. The van der Waals surface area contributed by atoms with Crippen LogP contribution in [0.3, 0.4) is 0 Å². The van der Waals surface area contributed by atoms with E-state index in [1.807, 2.05) is 11.8 Å². The number of anilines is 1. The van der Waals surface area contributed by atoms with Gasteiger partial charge in [-0.3, -0.25) is 0 Å². The number of aromatic nitrogens is 2. The van der Waals surface area contributed by atoms with Gasteiger partial charge in [-0.15, -0.1) is 13.0 Å². The van der Waals surface area contributed by atoms with Crippen molar-refractivity contribution in [3.05, 3.63) is 29.7 Å². The summed E-state index contributed by atoms with van der Waals surface area (Å²) < 4.78 is 0.